The predicted octanol–water partition coefficient (Wildman–Crippen LogP) is 3.06. The number of carbonyl (C=O) groups is 2. The highest BCUT2D eigenvalue weighted by Gasteiger charge is 2.06. The van der Waals surface area contributed by atoms with Crippen LogP contribution in [0.25, 0.3) is 0 Å². The molecule has 0 radical (unpaired) electrons. The van der Waals surface area contributed by atoms with Gasteiger partial charge in [0, 0.05) is 18.1 Å². The fourth-order valence-electron chi connectivity index (χ4n) is 2.31. The molecular weight excluding hydrogens is 384 g/mol. The molecule has 0 saturated heterocycles. The summed E-state index contributed by atoms with van der Waals surface area (Å²) in [6.45, 7) is 0.942. The Balaban J connectivity index is 1.57. The second-order valence-electron chi connectivity index (χ2n) is 5.81. The van der Waals surface area contributed by atoms with Crippen LogP contribution in [-0.4, -0.2) is 37.0 Å². The van der Waals surface area contributed by atoms with Gasteiger partial charge in [0.1, 0.15) is 5.75 Å². The smallest absolute Gasteiger partial charge is 0.230 e. The number of hydrogen-bond donors (Lipinski definition) is 2. The van der Waals surface area contributed by atoms with Crippen molar-refractivity contribution >= 4 is 35.2 Å². The van der Waals surface area contributed by atoms with Crippen molar-refractivity contribution in [2.45, 2.75) is 13.0 Å². The Bertz CT molecular complexity index is 753. The van der Waals surface area contributed by atoms with Crippen molar-refractivity contribution in [3.63, 3.8) is 0 Å². The molecule has 2 aromatic carbocycles. The molecule has 2 N–H and O–H groups in total. The lowest BCUT2D eigenvalue weighted by Crippen LogP contribution is -2.29. The van der Waals surface area contributed by atoms with E-state index in [1.807, 2.05) is 42.5 Å². The van der Waals surface area contributed by atoms with Crippen LogP contribution in [0.3, 0.4) is 0 Å². The van der Waals surface area contributed by atoms with Crippen LogP contribution in [0.5, 0.6) is 5.75 Å². The Morgan fingerprint density at radius 2 is 1.67 bits per heavy atom. The van der Waals surface area contributed by atoms with E-state index in [9.17, 15) is 9.59 Å². The van der Waals surface area contributed by atoms with E-state index < -0.39 is 0 Å². The molecule has 0 unspecified atom stereocenters. The Morgan fingerprint density at radius 3 is 2.33 bits per heavy atom. The van der Waals surface area contributed by atoms with Gasteiger partial charge >= 0.3 is 0 Å². The van der Waals surface area contributed by atoms with Gasteiger partial charge in [0.15, 0.2) is 0 Å². The van der Waals surface area contributed by atoms with Crippen LogP contribution in [-0.2, 0) is 22.6 Å². The summed E-state index contributed by atoms with van der Waals surface area (Å²) in [5.74, 6) is 1.10. The number of ether oxygens (including phenoxy) is 1. The fourth-order valence-corrected chi connectivity index (χ4v) is 3.19. The van der Waals surface area contributed by atoms with E-state index in [4.69, 9.17) is 16.3 Å². The van der Waals surface area contributed by atoms with Crippen LogP contribution in [0.4, 0.5) is 0 Å². The fraction of sp³-hybridized carbons (Fsp3) is 0.300. The molecule has 27 heavy (non-hydrogen) atoms. The van der Waals surface area contributed by atoms with Crippen molar-refractivity contribution in [3.05, 3.63) is 64.7 Å². The Morgan fingerprint density at radius 1 is 1.00 bits per heavy atom. The van der Waals surface area contributed by atoms with Crippen molar-refractivity contribution in [3.8, 4) is 5.75 Å². The number of amides is 2. The summed E-state index contributed by atoms with van der Waals surface area (Å²) in [6, 6.07) is 15.1. The molecule has 2 amide bonds. The molecule has 0 aliphatic rings. The maximum absolute atomic E-state index is 11.8. The number of benzene rings is 2. The highest BCUT2D eigenvalue weighted by Crippen LogP contribution is 2.14. The summed E-state index contributed by atoms with van der Waals surface area (Å²) < 4.78 is 5.11. The molecule has 0 atom stereocenters. The SMILES string of the molecule is COc1ccc(CCNC(=O)CSCC(=O)NCc2ccccc2Cl)cc1. The standard InChI is InChI=1S/C20H23ClN2O3S/c1-26-17-8-6-15(7-9-17)10-11-22-19(24)13-27-14-20(25)23-12-16-4-2-3-5-18(16)21/h2-9H,10-14H2,1H3,(H,22,24)(H,23,25). The van der Waals surface area contributed by atoms with Crippen LogP contribution < -0.4 is 15.4 Å². The number of hydrogen-bond acceptors (Lipinski definition) is 4. The first-order valence-corrected chi connectivity index (χ1v) is 10.1. The van der Waals surface area contributed by atoms with Crippen LogP contribution in [0.2, 0.25) is 5.02 Å². The summed E-state index contributed by atoms with van der Waals surface area (Å²) >= 11 is 7.33. The van der Waals surface area contributed by atoms with Crippen LogP contribution in [0.15, 0.2) is 48.5 Å². The van der Waals surface area contributed by atoms with E-state index in [0.717, 1.165) is 23.3 Å². The van der Waals surface area contributed by atoms with Crippen molar-refractivity contribution in [1.29, 1.82) is 0 Å². The molecule has 0 spiro atoms. The molecule has 144 valence electrons. The van der Waals surface area contributed by atoms with E-state index in [1.54, 1.807) is 13.2 Å². The number of rotatable bonds is 10. The van der Waals surface area contributed by atoms with E-state index in [2.05, 4.69) is 10.6 Å². The molecule has 5 nitrogen and oxygen atoms in total. The minimum Gasteiger partial charge on any atom is -0.497 e. The topological polar surface area (TPSA) is 67.4 Å². The normalized spacial score (nSPS) is 10.3. The van der Waals surface area contributed by atoms with Crippen LogP contribution in [0, 0.1) is 0 Å². The average Bonchev–Trinajstić information content (AvgIpc) is 2.68. The number of carbonyl (C=O) groups excluding carboxylic acids is 2. The summed E-state index contributed by atoms with van der Waals surface area (Å²) in [4.78, 5) is 23.7. The summed E-state index contributed by atoms with van der Waals surface area (Å²) in [6.07, 6.45) is 0.749. The summed E-state index contributed by atoms with van der Waals surface area (Å²) in [7, 11) is 1.63. The maximum Gasteiger partial charge on any atom is 0.230 e. The molecular formula is C20H23ClN2O3S. The van der Waals surface area contributed by atoms with E-state index >= 15 is 0 Å². The van der Waals surface area contributed by atoms with Crippen LogP contribution in [0.1, 0.15) is 11.1 Å². The predicted molar refractivity (Wildman–Crippen MR) is 110 cm³/mol. The molecule has 0 aliphatic heterocycles. The van der Waals surface area contributed by atoms with E-state index in [0.29, 0.717) is 18.1 Å². The summed E-state index contributed by atoms with van der Waals surface area (Å²) in [5.41, 5.74) is 2.00. The lowest BCUT2D eigenvalue weighted by atomic mass is 10.1. The van der Waals surface area contributed by atoms with Gasteiger partial charge in [-0.05, 0) is 35.7 Å². The third-order valence-corrected chi connectivity index (χ3v) is 5.10. The van der Waals surface area contributed by atoms with E-state index in [1.165, 1.54) is 11.8 Å². The van der Waals surface area contributed by atoms with Crippen molar-refractivity contribution in [2.24, 2.45) is 0 Å². The van der Waals surface area contributed by atoms with Crippen molar-refractivity contribution < 1.29 is 14.3 Å². The quantitative estimate of drug-likeness (QED) is 0.636. The van der Waals surface area contributed by atoms with Gasteiger partial charge in [-0.15, -0.1) is 11.8 Å². The summed E-state index contributed by atoms with van der Waals surface area (Å²) in [5, 5.41) is 6.29. The zero-order valence-electron chi connectivity index (χ0n) is 15.2. The Labute approximate surface area is 168 Å². The van der Waals surface area contributed by atoms with Crippen LogP contribution >= 0.6 is 23.4 Å². The minimum atomic E-state index is -0.119. The molecule has 0 bridgehead atoms. The first-order chi connectivity index (χ1) is 13.1. The van der Waals surface area contributed by atoms with Crippen molar-refractivity contribution in [1.82, 2.24) is 10.6 Å². The van der Waals surface area contributed by atoms with Crippen molar-refractivity contribution in [2.75, 3.05) is 25.2 Å². The minimum absolute atomic E-state index is 0.0765. The first-order valence-electron chi connectivity index (χ1n) is 8.56. The molecule has 0 saturated carbocycles. The monoisotopic (exact) mass is 406 g/mol. The zero-order chi connectivity index (χ0) is 19.5. The number of halogens is 1. The lowest BCUT2D eigenvalue weighted by Gasteiger charge is -2.08. The van der Waals surface area contributed by atoms with Gasteiger partial charge in [-0.2, -0.15) is 0 Å². The van der Waals surface area contributed by atoms with Gasteiger partial charge in [0.25, 0.3) is 0 Å². The van der Waals surface area contributed by atoms with Gasteiger partial charge in [-0.3, -0.25) is 9.59 Å². The lowest BCUT2D eigenvalue weighted by molar-refractivity contribution is -0.119. The average molecular weight is 407 g/mol. The Hall–Kier alpha value is -2.18. The largest absolute Gasteiger partial charge is 0.497 e. The molecule has 0 heterocycles. The molecule has 2 rings (SSSR count). The second-order valence-corrected chi connectivity index (χ2v) is 7.20. The molecule has 0 aliphatic carbocycles. The van der Waals surface area contributed by atoms with Gasteiger partial charge in [0.2, 0.25) is 11.8 Å². The third-order valence-electron chi connectivity index (χ3n) is 3.80. The molecule has 0 aromatic heterocycles. The van der Waals surface area contributed by atoms with Gasteiger partial charge in [-0.25, -0.2) is 0 Å². The molecule has 2 aromatic rings. The van der Waals surface area contributed by atoms with Gasteiger partial charge < -0.3 is 15.4 Å². The number of nitrogens with one attached hydrogen (secondary N) is 2. The second kappa shape index (κ2) is 11.5. The number of thioether (sulfide) groups is 1. The third kappa shape index (κ3) is 7.93. The van der Waals surface area contributed by atoms with Gasteiger partial charge in [0.05, 0.1) is 18.6 Å². The first kappa shape index (κ1) is 21.1. The van der Waals surface area contributed by atoms with Gasteiger partial charge in [-0.1, -0.05) is 41.9 Å². The zero-order valence-corrected chi connectivity index (χ0v) is 16.7. The maximum atomic E-state index is 11.8. The highest BCUT2D eigenvalue weighted by molar-refractivity contribution is 8.00. The molecule has 7 heteroatoms. The number of methoxy groups -OCH3 is 1. The highest BCUT2D eigenvalue weighted by atomic mass is 35.5. The Kier molecular flexibility index (Phi) is 9.01. The molecule has 0 fully saturated rings. The van der Waals surface area contributed by atoms with E-state index in [-0.39, 0.29) is 23.3 Å².